The molecule has 2 rings (SSSR count). The maximum absolute atomic E-state index is 13.8. The molecule has 0 saturated heterocycles. The number of benzene rings is 1. The maximum atomic E-state index is 13.8. The number of fused-ring (bicyclic) bond motifs is 1. The number of hydrogen-bond acceptors (Lipinski definition) is 2. The van der Waals surface area contributed by atoms with Gasteiger partial charge in [-0.05, 0) is 30.7 Å². The van der Waals surface area contributed by atoms with Gasteiger partial charge in [0, 0.05) is 27.6 Å². The summed E-state index contributed by atoms with van der Waals surface area (Å²) in [5.74, 6) is 1.10. The zero-order valence-corrected chi connectivity index (χ0v) is 11.8. The first-order chi connectivity index (χ1) is 8.06. The molecule has 1 aliphatic heterocycles. The monoisotopic (exact) mass is 273 g/mol. The van der Waals surface area contributed by atoms with Crippen LogP contribution in [0.5, 0.6) is 0 Å². The molecule has 2 unspecified atom stereocenters. The largest absolute Gasteiger partial charge is 0.312 e. The average molecular weight is 274 g/mol. The van der Waals surface area contributed by atoms with E-state index in [1.807, 2.05) is 18.8 Å². The van der Waals surface area contributed by atoms with Crippen molar-refractivity contribution in [3.8, 4) is 0 Å². The summed E-state index contributed by atoms with van der Waals surface area (Å²) in [5.41, 5.74) is 1.71. The van der Waals surface area contributed by atoms with Crippen molar-refractivity contribution in [3.05, 3.63) is 34.1 Å². The molecule has 4 heteroatoms. The third kappa shape index (κ3) is 2.33. The van der Waals surface area contributed by atoms with Crippen molar-refractivity contribution < 1.29 is 4.39 Å². The van der Waals surface area contributed by atoms with Gasteiger partial charge in [0.15, 0.2) is 0 Å². The van der Waals surface area contributed by atoms with Crippen LogP contribution in [0.4, 0.5) is 4.39 Å². The Kier molecular flexibility index (Phi) is 4.01. The lowest BCUT2D eigenvalue weighted by Crippen LogP contribution is -2.35. The Morgan fingerprint density at radius 2 is 2.18 bits per heavy atom. The van der Waals surface area contributed by atoms with Crippen LogP contribution in [0, 0.1) is 11.7 Å². The van der Waals surface area contributed by atoms with Crippen LogP contribution < -0.4 is 5.32 Å². The van der Waals surface area contributed by atoms with E-state index in [0.29, 0.717) is 21.9 Å². The van der Waals surface area contributed by atoms with Gasteiger partial charge in [-0.25, -0.2) is 4.39 Å². The van der Waals surface area contributed by atoms with Gasteiger partial charge >= 0.3 is 0 Å². The van der Waals surface area contributed by atoms with Crippen LogP contribution >= 0.6 is 23.4 Å². The zero-order chi connectivity index (χ0) is 12.6. The van der Waals surface area contributed by atoms with Crippen molar-refractivity contribution in [2.75, 3.05) is 7.05 Å². The number of rotatable bonds is 2. The summed E-state index contributed by atoms with van der Waals surface area (Å²) in [7, 11) is 1.91. The number of thioether (sulfide) groups is 1. The summed E-state index contributed by atoms with van der Waals surface area (Å²) in [6.07, 6.45) is 0. The molecule has 2 atom stereocenters. The molecule has 1 aromatic carbocycles. The number of hydrogen-bond donors (Lipinski definition) is 1. The fraction of sp³-hybridized carbons (Fsp3) is 0.538. The van der Waals surface area contributed by atoms with Gasteiger partial charge in [-0.3, -0.25) is 0 Å². The molecule has 0 spiro atoms. The molecule has 0 aromatic heterocycles. The van der Waals surface area contributed by atoms with Crippen molar-refractivity contribution >= 4 is 23.4 Å². The summed E-state index contributed by atoms with van der Waals surface area (Å²) < 4.78 is 13.8. The molecule has 17 heavy (non-hydrogen) atoms. The summed E-state index contributed by atoms with van der Waals surface area (Å²) in [5, 5.41) is 4.40. The van der Waals surface area contributed by atoms with E-state index in [1.165, 1.54) is 6.07 Å². The van der Waals surface area contributed by atoms with Crippen molar-refractivity contribution in [1.29, 1.82) is 0 Å². The summed E-state index contributed by atoms with van der Waals surface area (Å²) in [6, 6.07) is 3.25. The fourth-order valence-corrected chi connectivity index (χ4v) is 4.22. The van der Waals surface area contributed by atoms with E-state index in [4.69, 9.17) is 11.6 Å². The fourth-order valence-electron chi connectivity index (χ4n) is 2.42. The predicted octanol–water partition coefficient (Wildman–Crippen LogP) is 4.01. The van der Waals surface area contributed by atoms with E-state index in [-0.39, 0.29) is 11.9 Å². The Hall–Kier alpha value is -0.250. The van der Waals surface area contributed by atoms with Gasteiger partial charge < -0.3 is 5.32 Å². The number of nitrogens with one attached hydrogen (secondary N) is 1. The molecule has 0 amide bonds. The molecule has 1 aromatic rings. The highest BCUT2D eigenvalue weighted by Gasteiger charge is 2.34. The van der Waals surface area contributed by atoms with Gasteiger partial charge in [-0.15, -0.1) is 0 Å². The lowest BCUT2D eigenvalue weighted by Gasteiger charge is -2.36. The molecule has 0 bridgehead atoms. The van der Waals surface area contributed by atoms with E-state index < -0.39 is 0 Å². The van der Waals surface area contributed by atoms with Crippen molar-refractivity contribution in [2.45, 2.75) is 30.9 Å². The number of halogens is 2. The molecular weight excluding hydrogens is 257 g/mol. The van der Waals surface area contributed by atoms with Crippen LogP contribution in [-0.4, -0.2) is 12.3 Å². The average Bonchev–Trinajstić information content (AvgIpc) is 2.32. The third-order valence-electron chi connectivity index (χ3n) is 3.27. The third-order valence-corrected chi connectivity index (χ3v) is 5.26. The predicted molar refractivity (Wildman–Crippen MR) is 73.1 cm³/mol. The standard InChI is InChI=1S/C13H17ClFNS/c1-7(2)13-12(16-3)11-8(6-17-13)10(15)5-4-9(11)14/h4-5,7,12-13,16H,6H2,1-3H3. The van der Waals surface area contributed by atoms with E-state index >= 15 is 0 Å². The highest BCUT2D eigenvalue weighted by molar-refractivity contribution is 7.99. The van der Waals surface area contributed by atoms with Crippen LogP contribution in [0.3, 0.4) is 0 Å². The Bertz CT molecular complexity index is 422. The van der Waals surface area contributed by atoms with Crippen molar-refractivity contribution in [1.82, 2.24) is 5.32 Å². The van der Waals surface area contributed by atoms with Gasteiger partial charge in [-0.1, -0.05) is 25.4 Å². The summed E-state index contributed by atoms with van der Waals surface area (Å²) in [6.45, 7) is 4.39. The molecule has 1 aliphatic rings. The van der Waals surface area contributed by atoms with Crippen molar-refractivity contribution in [2.24, 2.45) is 5.92 Å². The molecule has 0 saturated carbocycles. The molecule has 0 radical (unpaired) electrons. The highest BCUT2D eigenvalue weighted by Crippen LogP contribution is 2.44. The first-order valence-electron chi connectivity index (χ1n) is 5.82. The molecule has 1 N–H and O–H groups in total. The van der Waals surface area contributed by atoms with Gasteiger partial charge in [-0.2, -0.15) is 11.8 Å². The second-order valence-electron chi connectivity index (χ2n) is 4.71. The molecule has 94 valence electrons. The second-order valence-corrected chi connectivity index (χ2v) is 6.28. The molecule has 1 nitrogen and oxygen atoms in total. The molecular formula is C13H17ClFNS. The lowest BCUT2D eigenvalue weighted by molar-refractivity contribution is 0.461. The van der Waals surface area contributed by atoms with E-state index in [1.54, 1.807) is 6.07 Å². The summed E-state index contributed by atoms with van der Waals surface area (Å²) in [4.78, 5) is 0. The summed E-state index contributed by atoms with van der Waals surface area (Å²) >= 11 is 8.05. The minimum absolute atomic E-state index is 0.131. The van der Waals surface area contributed by atoms with E-state index in [0.717, 1.165) is 11.1 Å². The maximum Gasteiger partial charge on any atom is 0.127 e. The zero-order valence-electron chi connectivity index (χ0n) is 10.3. The van der Waals surface area contributed by atoms with E-state index in [2.05, 4.69) is 19.2 Å². The van der Waals surface area contributed by atoms with Crippen LogP contribution in [0.15, 0.2) is 12.1 Å². The minimum atomic E-state index is -0.139. The first-order valence-corrected chi connectivity index (χ1v) is 7.24. The van der Waals surface area contributed by atoms with Crippen LogP contribution in [0.25, 0.3) is 0 Å². The Morgan fingerprint density at radius 3 is 2.76 bits per heavy atom. The highest BCUT2D eigenvalue weighted by atomic mass is 35.5. The molecule has 0 fully saturated rings. The molecule has 0 aliphatic carbocycles. The van der Waals surface area contributed by atoms with E-state index in [9.17, 15) is 4.39 Å². The first kappa shape index (κ1) is 13.2. The quantitative estimate of drug-likeness (QED) is 0.874. The topological polar surface area (TPSA) is 12.0 Å². The lowest BCUT2D eigenvalue weighted by atomic mass is 9.92. The van der Waals surface area contributed by atoms with Crippen LogP contribution in [0.2, 0.25) is 5.02 Å². The van der Waals surface area contributed by atoms with Crippen LogP contribution in [0.1, 0.15) is 31.0 Å². The SMILES string of the molecule is CNC1c2c(Cl)ccc(F)c2CSC1C(C)C. The van der Waals surface area contributed by atoms with Gasteiger partial charge in [0.05, 0.1) is 0 Å². The Balaban J connectivity index is 2.50. The van der Waals surface area contributed by atoms with Gasteiger partial charge in [0.25, 0.3) is 0 Å². The van der Waals surface area contributed by atoms with Crippen LogP contribution in [-0.2, 0) is 5.75 Å². The Morgan fingerprint density at radius 1 is 1.47 bits per heavy atom. The van der Waals surface area contributed by atoms with Gasteiger partial charge in [0.1, 0.15) is 5.82 Å². The molecule has 1 heterocycles. The Labute approximate surface area is 111 Å². The normalized spacial score (nSPS) is 23.9. The van der Waals surface area contributed by atoms with Gasteiger partial charge in [0.2, 0.25) is 0 Å². The second kappa shape index (κ2) is 5.17. The smallest absolute Gasteiger partial charge is 0.127 e. The minimum Gasteiger partial charge on any atom is -0.312 e. The van der Waals surface area contributed by atoms with Crippen molar-refractivity contribution in [3.63, 3.8) is 0 Å².